The highest BCUT2D eigenvalue weighted by atomic mass is 16.5. The Morgan fingerprint density at radius 1 is 1.00 bits per heavy atom. The molecule has 7 nitrogen and oxygen atoms in total. The van der Waals surface area contributed by atoms with Gasteiger partial charge in [0, 0.05) is 24.1 Å². The number of hydrogen-bond acceptors (Lipinski definition) is 6. The fourth-order valence-corrected chi connectivity index (χ4v) is 5.17. The molecule has 0 radical (unpaired) electrons. The quantitative estimate of drug-likeness (QED) is 0.317. The van der Waals surface area contributed by atoms with Crippen LogP contribution in [-0.2, 0) is 17.6 Å². The Hall–Kier alpha value is -4.26. The molecule has 38 heavy (non-hydrogen) atoms. The van der Waals surface area contributed by atoms with Crippen LogP contribution in [0.2, 0.25) is 0 Å². The summed E-state index contributed by atoms with van der Waals surface area (Å²) >= 11 is 0. The zero-order valence-electron chi connectivity index (χ0n) is 22.1. The normalized spacial score (nSPS) is 14.7. The van der Waals surface area contributed by atoms with Crippen LogP contribution < -0.4 is 19.8 Å². The number of methoxy groups -OCH3 is 2. The van der Waals surface area contributed by atoms with E-state index in [4.69, 9.17) is 18.6 Å². The predicted molar refractivity (Wildman–Crippen MR) is 145 cm³/mol. The third-order valence-electron chi connectivity index (χ3n) is 7.09. The minimum atomic E-state index is -0.401. The number of nitrogens with zero attached hydrogens (tertiary/aromatic N) is 1. The topological polar surface area (TPSA) is 78.2 Å². The molecule has 5 rings (SSSR count). The van der Waals surface area contributed by atoms with Gasteiger partial charge in [-0.1, -0.05) is 29.8 Å². The van der Waals surface area contributed by atoms with Gasteiger partial charge in [-0.3, -0.25) is 4.79 Å². The number of benzene rings is 3. The average Bonchev–Trinajstić information content (AvgIpc) is 2.90. The number of ether oxygens (including phenoxy) is 3. The molecular weight excluding hydrogens is 482 g/mol. The minimum Gasteiger partial charge on any atom is -0.493 e. The van der Waals surface area contributed by atoms with Crippen LogP contribution in [0.4, 0.5) is 0 Å². The van der Waals surface area contributed by atoms with E-state index in [1.165, 1.54) is 6.07 Å². The highest BCUT2D eigenvalue weighted by Crippen LogP contribution is 2.39. The number of aryl methyl sites for hydroxylation is 2. The number of rotatable bonds is 7. The molecule has 1 amide bonds. The van der Waals surface area contributed by atoms with Gasteiger partial charge in [-0.15, -0.1) is 0 Å². The molecule has 2 heterocycles. The van der Waals surface area contributed by atoms with Crippen LogP contribution in [-0.4, -0.2) is 38.2 Å². The maximum Gasteiger partial charge on any atom is 0.336 e. The minimum absolute atomic E-state index is 0.0322. The van der Waals surface area contributed by atoms with Crippen molar-refractivity contribution < 1.29 is 23.4 Å². The van der Waals surface area contributed by atoms with Gasteiger partial charge in [-0.05, 0) is 66.8 Å². The zero-order chi connectivity index (χ0) is 26.8. The molecule has 7 heteroatoms. The summed E-state index contributed by atoms with van der Waals surface area (Å²) < 4.78 is 22.7. The largest absolute Gasteiger partial charge is 0.493 e. The van der Waals surface area contributed by atoms with Crippen molar-refractivity contribution >= 4 is 16.9 Å². The molecule has 0 N–H and O–H groups in total. The van der Waals surface area contributed by atoms with E-state index in [0.29, 0.717) is 42.2 Å². The van der Waals surface area contributed by atoms with E-state index in [9.17, 15) is 9.59 Å². The van der Waals surface area contributed by atoms with E-state index in [2.05, 4.69) is 0 Å². The lowest BCUT2D eigenvalue weighted by Crippen LogP contribution is -2.43. The number of hydrogen-bond donors (Lipinski definition) is 0. The van der Waals surface area contributed by atoms with Gasteiger partial charge < -0.3 is 23.5 Å². The summed E-state index contributed by atoms with van der Waals surface area (Å²) in [5, 5.41) is 0.853. The molecule has 0 fully saturated rings. The lowest BCUT2D eigenvalue weighted by atomic mass is 9.91. The van der Waals surface area contributed by atoms with Crippen molar-refractivity contribution in [3.63, 3.8) is 0 Å². The van der Waals surface area contributed by atoms with Crippen molar-refractivity contribution in [3.05, 3.63) is 98.9 Å². The second kappa shape index (κ2) is 10.6. The van der Waals surface area contributed by atoms with Gasteiger partial charge >= 0.3 is 5.63 Å². The number of fused-ring (bicyclic) bond motifs is 2. The first kappa shape index (κ1) is 25.4. The van der Waals surface area contributed by atoms with Crippen molar-refractivity contribution in [2.45, 2.75) is 32.7 Å². The first-order chi connectivity index (χ1) is 18.4. The van der Waals surface area contributed by atoms with Crippen LogP contribution in [0.1, 0.15) is 33.9 Å². The first-order valence-corrected chi connectivity index (χ1v) is 12.6. The summed E-state index contributed by atoms with van der Waals surface area (Å²) in [4.78, 5) is 27.4. The monoisotopic (exact) mass is 513 g/mol. The molecule has 1 aromatic heterocycles. The van der Waals surface area contributed by atoms with Gasteiger partial charge in [0.15, 0.2) is 11.5 Å². The third kappa shape index (κ3) is 5.09. The molecule has 0 saturated carbocycles. The molecule has 0 bridgehead atoms. The Morgan fingerprint density at radius 3 is 2.55 bits per heavy atom. The molecule has 0 aliphatic carbocycles. The summed E-state index contributed by atoms with van der Waals surface area (Å²) in [6, 6.07) is 18.5. The number of amides is 1. The first-order valence-electron chi connectivity index (χ1n) is 12.6. The number of carbonyl (C=O) groups excluding carboxylic acids is 1. The SMILES string of the molecule is COc1cc2c(cc1OC)C(COc1ccc3c(C)cc(=O)oc3c1)N(C(=O)Cc1cccc(C)c1)CC2. The maximum atomic E-state index is 13.6. The van der Waals surface area contributed by atoms with Crippen LogP contribution in [0.25, 0.3) is 11.0 Å². The van der Waals surface area contributed by atoms with Gasteiger partial charge in [-0.25, -0.2) is 4.79 Å². The lowest BCUT2D eigenvalue weighted by Gasteiger charge is -2.37. The fourth-order valence-electron chi connectivity index (χ4n) is 5.17. The standard InChI is InChI=1S/C31H31NO6/c1-19-6-5-7-21(12-19)14-30(33)32-11-10-22-15-28(35-3)29(36-4)17-25(22)26(32)18-37-23-8-9-24-20(2)13-31(34)38-27(24)16-23/h5-9,12-13,15-17,26H,10-11,14,18H2,1-4H3. The van der Waals surface area contributed by atoms with Crippen molar-refractivity contribution in [2.75, 3.05) is 27.4 Å². The van der Waals surface area contributed by atoms with Crippen molar-refractivity contribution in [2.24, 2.45) is 0 Å². The predicted octanol–water partition coefficient (Wildman–Crippen LogP) is 5.17. The molecule has 0 saturated heterocycles. The molecule has 4 aromatic rings. The Balaban J connectivity index is 1.47. The van der Waals surface area contributed by atoms with Gasteiger partial charge in [0.2, 0.25) is 5.91 Å². The molecule has 1 atom stereocenters. The molecular formula is C31H31NO6. The number of carbonyl (C=O) groups is 1. The summed E-state index contributed by atoms with van der Waals surface area (Å²) in [5.41, 5.74) is 5.07. The molecule has 0 spiro atoms. The molecule has 3 aromatic carbocycles. The van der Waals surface area contributed by atoms with Gasteiger partial charge in [-0.2, -0.15) is 0 Å². The molecule has 196 valence electrons. The summed E-state index contributed by atoms with van der Waals surface area (Å²) in [7, 11) is 3.22. The van der Waals surface area contributed by atoms with E-state index in [0.717, 1.165) is 33.2 Å². The van der Waals surface area contributed by atoms with Crippen LogP contribution >= 0.6 is 0 Å². The molecule has 1 aliphatic heterocycles. The van der Waals surface area contributed by atoms with E-state index in [1.807, 2.05) is 67.3 Å². The van der Waals surface area contributed by atoms with E-state index in [1.54, 1.807) is 20.3 Å². The average molecular weight is 514 g/mol. The lowest BCUT2D eigenvalue weighted by molar-refractivity contribution is -0.134. The van der Waals surface area contributed by atoms with Crippen LogP contribution in [0.3, 0.4) is 0 Å². The van der Waals surface area contributed by atoms with Crippen LogP contribution in [0.5, 0.6) is 17.2 Å². The van der Waals surface area contributed by atoms with E-state index < -0.39 is 5.63 Å². The van der Waals surface area contributed by atoms with Crippen molar-refractivity contribution in [1.29, 1.82) is 0 Å². The Kier molecular flexibility index (Phi) is 7.09. The van der Waals surface area contributed by atoms with Gasteiger partial charge in [0.05, 0.1) is 26.7 Å². The second-order valence-electron chi connectivity index (χ2n) is 9.64. The summed E-state index contributed by atoms with van der Waals surface area (Å²) in [5.74, 6) is 1.85. The van der Waals surface area contributed by atoms with E-state index >= 15 is 0 Å². The van der Waals surface area contributed by atoms with Gasteiger partial charge in [0.25, 0.3) is 0 Å². The van der Waals surface area contributed by atoms with Crippen molar-refractivity contribution in [3.8, 4) is 17.2 Å². The Labute approximate surface area is 221 Å². The van der Waals surface area contributed by atoms with Gasteiger partial charge in [0.1, 0.15) is 17.9 Å². The summed E-state index contributed by atoms with van der Waals surface area (Å²) in [6.07, 6.45) is 1.01. The van der Waals surface area contributed by atoms with Crippen LogP contribution in [0, 0.1) is 13.8 Å². The Bertz CT molecular complexity index is 1560. The third-order valence-corrected chi connectivity index (χ3v) is 7.09. The molecule has 1 aliphatic rings. The highest BCUT2D eigenvalue weighted by Gasteiger charge is 2.33. The molecule has 1 unspecified atom stereocenters. The zero-order valence-corrected chi connectivity index (χ0v) is 22.1. The van der Waals surface area contributed by atoms with Crippen LogP contribution in [0.15, 0.2) is 69.9 Å². The summed E-state index contributed by atoms with van der Waals surface area (Å²) in [6.45, 7) is 4.68. The van der Waals surface area contributed by atoms with E-state index in [-0.39, 0.29) is 18.6 Å². The van der Waals surface area contributed by atoms with Crippen molar-refractivity contribution in [1.82, 2.24) is 4.90 Å². The second-order valence-corrected chi connectivity index (χ2v) is 9.64. The maximum absolute atomic E-state index is 13.6. The smallest absolute Gasteiger partial charge is 0.336 e. The Morgan fingerprint density at radius 2 is 1.79 bits per heavy atom. The highest BCUT2D eigenvalue weighted by molar-refractivity contribution is 5.81. The fraction of sp³-hybridized carbons (Fsp3) is 0.290.